The SMILES string of the molecule is CC(C)N(CCC(C#N)(CCN1CCCCCC1)c1ccccc1)C(C)C. The normalized spacial score (nSPS) is 18.4. The summed E-state index contributed by atoms with van der Waals surface area (Å²) in [5.74, 6) is 0. The van der Waals surface area contributed by atoms with Gasteiger partial charge >= 0.3 is 0 Å². The molecule has 0 amide bonds. The first-order valence-corrected chi connectivity index (χ1v) is 10.9. The Kier molecular flexibility index (Phi) is 8.80. The lowest BCUT2D eigenvalue weighted by molar-refractivity contribution is 0.157. The molecule has 1 fully saturated rings. The number of likely N-dealkylation sites (tertiary alicyclic amines) is 1. The number of hydrogen-bond acceptors (Lipinski definition) is 3. The molecule has 0 aliphatic carbocycles. The fraction of sp³-hybridized carbons (Fsp3) is 0.708. The van der Waals surface area contributed by atoms with E-state index < -0.39 is 5.41 Å². The molecule has 0 aromatic heterocycles. The van der Waals surface area contributed by atoms with Gasteiger partial charge in [-0.2, -0.15) is 5.26 Å². The smallest absolute Gasteiger partial charge is 0.0846 e. The van der Waals surface area contributed by atoms with Crippen LogP contribution in [0, 0.1) is 11.3 Å². The van der Waals surface area contributed by atoms with Gasteiger partial charge in [-0.05, 0) is 78.6 Å². The van der Waals surface area contributed by atoms with Crippen LogP contribution in [0.1, 0.15) is 71.8 Å². The fourth-order valence-electron chi connectivity index (χ4n) is 4.49. The average Bonchev–Trinajstić information content (AvgIpc) is 2.94. The van der Waals surface area contributed by atoms with Gasteiger partial charge < -0.3 is 4.90 Å². The Morgan fingerprint density at radius 1 is 0.963 bits per heavy atom. The quantitative estimate of drug-likeness (QED) is 0.597. The summed E-state index contributed by atoms with van der Waals surface area (Å²) in [6, 6.07) is 14.3. The van der Waals surface area contributed by atoms with Crippen molar-refractivity contribution in [1.82, 2.24) is 9.80 Å². The molecule has 27 heavy (non-hydrogen) atoms. The van der Waals surface area contributed by atoms with E-state index in [2.05, 4.69) is 73.9 Å². The molecule has 0 bridgehead atoms. The topological polar surface area (TPSA) is 30.3 Å². The molecule has 150 valence electrons. The summed E-state index contributed by atoms with van der Waals surface area (Å²) < 4.78 is 0. The highest BCUT2D eigenvalue weighted by molar-refractivity contribution is 5.32. The number of benzene rings is 1. The van der Waals surface area contributed by atoms with Crippen molar-refractivity contribution in [1.29, 1.82) is 5.26 Å². The van der Waals surface area contributed by atoms with Crippen LogP contribution in [0.5, 0.6) is 0 Å². The molecule has 1 unspecified atom stereocenters. The molecule has 0 N–H and O–H groups in total. The van der Waals surface area contributed by atoms with Gasteiger partial charge in [-0.15, -0.1) is 0 Å². The van der Waals surface area contributed by atoms with E-state index in [0.29, 0.717) is 12.1 Å². The predicted octanol–water partition coefficient (Wildman–Crippen LogP) is 5.22. The van der Waals surface area contributed by atoms with Gasteiger partial charge in [0.05, 0.1) is 11.5 Å². The van der Waals surface area contributed by atoms with E-state index in [-0.39, 0.29) is 0 Å². The molecule has 1 aliphatic heterocycles. The molecule has 1 saturated heterocycles. The summed E-state index contributed by atoms with van der Waals surface area (Å²) in [6.45, 7) is 13.4. The van der Waals surface area contributed by atoms with E-state index in [1.807, 2.05) is 0 Å². The maximum absolute atomic E-state index is 10.3. The molecule has 0 radical (unpaired) electrons. The largest absolute Gasteiger partial charge is 0.303 e. The zero-order valence-electron chi connectivity index (χ0n) is 18.0. The van der Waals surface area contributed by atoms with Gasteiger partial charge in [0.1, 0.15) is 0 Å². The van der Waals surface area contributed by atoms with Gasteiger partial charge in [0, 0.05) is 18.6 Å². The summed E-state index contributed by atoms with van der Waals surface area (Å²) in [5, 5.41) is 10.3. The molecule has 3 heteroatoms. The minimum Gasteiger partial charge on any atom is -0.303 e. The number of hydrogen-bond donors (Lipinski definition) is 0. The first kappa shape index (κ1) is 21.9. The van der Waals surface area contributed by atoms with E-state index in [1.165, 1.54) is 44.3 Å². The van der Waals surface area contributed by atoms with Crippen LogP contribution < -0.4 is 0 Å². The summed E-state index contributed by atoms with van der Waals surface area (Å²) in [6.07, 6.45) is 7.15. The lowest BCUT2D eigenvalue weighted by Crippen LogP contribution is -2.41. The molecule has 1 atom stereocenters. The Morgan fingerprint density at radius 3 is 2.07 bits per heavy atom. The molecule has 0 spiro atoms. The van der Waals surface area contributed by atoms with E-state index >= 15 is 0 Å². The molecular formula is C24H39N3. The first-order valence-electron chi connectivity index (χ1n) is 10.9. The van der Waals surface area contributed by atoms with Crippen molar-refractivity contribution in [2.75, 3.05) is 26.2 Å². The highest BCUT2D eigenvalue weighted by Gasteiger charge is 2.33. The van der Waals surface area contributed by atoms with E-state index in [4.69, 9.17) is 0 Å². The number of nitrogens with zero attached hydrogens (tertiary/aromatic N) is 3. The Labute approximate surface area is 167 Å². The lowest BCUT2D eigenvalue weighted by atomic mass is 9.75. The van der Waals surface area contributed by atoms with Gasteiger partial charge in [0.15, 0.2) is 0 Å². The van der Waals surface area contributed by atoms with Crippen molar-refractivity contribution in [2.45, 2.75) is 83.7 Å². The second-order valence-corrected chi connectivity index (χ2v) is 8.74. The molecule has 0 saturated carbocycles. The van der Waals surface area contributed by atoms with Gasteiger partial charge in [-0.3, -0.25) is 4.90 Å². The summed E-state index contributed by atoms with van der Waals surface area (Å²) in [7, 11) is 0. The molecule has 1 heterocycles. The van der Waals surface area contributed by atoms with Crippen LogP contribution >= 0.6 is 0 Å². The summed E-state index contributed by atoms with van der Waals surface area (Å²) >= 11 is 0. The Hall–Kier alpha value is -1.37. The van der Waals surface area contributed by atoms with Crippen molar-refractivity contribution < 1.29 is 0 Å². The Balaban J connectivity index is 2.16. The minimum absolute atomic E-state index is 0.393. The van der Waals surface area contributed by atoms with Crippen molar-refractivity contribution in [3.8, 4) is 6.07 Å². The second-order valence-electron chi connectivity index (χ2n) is 8.74. The van der Waals surface area contributed by atoms with Crippen LogP contribution in [0.25, 0.3) is 0 Å². The van der Waals surface area contributed by atoms with Crippen LogP contribution in [-0.2, 0) is 5.41 Å². The van der Waals surface area contributed by atoms with Crippen LogP contribution in [0.2, 0.25) is 0 Å². The molecule has 1 aromatic rings. The standard InChI is InChI=1S/C24H39N3/c1-21(2)27(22(3)4)19-15-24(20-25,23-12-8-7-9-13-23)14-18-26-16-10-5-6-11-17-26/h7-9,12-13,21-22H,5-6,10-11,14-19H2,1-4H3. The zero-order chi connectivity index (χ0) is 19.7. The monoisotopic (exact) mass is 369 g/mol. The van der Waals surface area contributed by atoms with Crippen molar-refractivity contribution >= 4 is 0 Å². The second kappa shape index (κ2) is 10.8. The van der Waals surface area contributed by atoms with Crippen LogP contribution in [-0.4, -0.2) is 48.1 Å². The van der Waals surface area contributed by atoms with Gasteiger partial charge in [0.25, 0.3) is 0 Å². The lowest BCUT2D eigenvalue weighted by Gasteiger charge is -2.36. The van der Waals surface area contributed by atoms with E-state index in [9.17, 15) is 5.26 Å². The Morgan fingerprint density at radius 2 is 1.56 bits per heavy atom. The highest BCUT2D eigenvalue weighted by atomic mass is 15.2. The summed E-state index contributed by atoms with van der Waals surface area (Å²) in [5.41, 5.74) is 0.796. The highest BCUT2D eigenvalue weighted by Crippen LogP contribution is 2.33. The molecular weight excluding hydrogens is 330 g/mol. The zero-order valence-corrected chi connectivity index (χ0v) is 18.0. The third kappa shape index (κ3) is 6.33. The van der Waals surface area contributed by atoms with Crippen molar-refractivity contribution in [3.63, 3.8) is 0 Å². The molecule has 1 aromatic carbocycles. The maximum Gasteiger partial charge on any atom is 0.0846 e. The number of rotatable bonds is 9. The molecule has 2 rings (SSSR count). The first-order chi connectivity index (χ1) is 13.0. The van der Waals surface area contributed by atoms with Crippen LogP contribution in [0.3, 0.4) is 0 Å². The van der Waals surface area contributed by atoms with Gasteiger partial charge in [-0.1, -0.05) is 43.2 Å². The fourth-order valence-corrected chi connectivity index (χ4v) is 4.49. The molecule has 3 nitrogen and oxygen atoms in total. The number of nitriles is 1. The average molecular weight is 370 g/mol. The summed E-state index contributed by atoms with van der Waals surface area (Å²) in [4.78, 5) is 5.10. The Bertz CT molecular complexity index is 559. The molecule has 1 aliphatic rings. The van der Waals surface area contributed by atoms with E-state index in [0.717, 1.165) is 25.9 Å². The third-order valence-electron chi connectivity index (χ3n) is 6.22. The minimum atomic E-state index is -0.393. The van der Waals surface area contributed by atoms with Crippen molar-refractivity contribution in [2.24, 2.45) is 0 Å². The van der Waals surface area contributed by atoms with Gasteiger partial charge in [-0.25, -0.2) is 0 Å². The van der Waals surface area contributed by atoms with Crippen molar-refractivity contribution in [3.05, 3.63) is 35.9 Å². The van der Waals surface area contributed by atoms with E-state index in [1.54, 1.807) is 0 Å². The van der Waals surface area contributed by atoms with Crippen LogP contribution in [0.15, 0.2) is 30.3 Å². The maximum atomic E-state index is 10.3. The third-order valence-corrected chi connectivity index (χ3v) is 6.22. The van der Waals surface area contributed by atoms with Crippen LogP contribution in [0.4, 0.5) is 0 Å². The predicted molar refractivity (Wildman–Crippen MR) is 115 cm³/mol. The van der Waals surface area contributed by atoms with Gasteiger partial charge in [0.2, 0.25) is 0 Å².